The SMILES string of the molecule is Cl.Cl.Cl.Cl.N#CCC1CC1CCl.N#CCC1CC1CSC(=N)N.N#CCC1CCC1CCl.N#CCC1CCC1CSC(=N)N.N#CCc1ccc(CCl)c2ccccc12.N#CCc1ccc(CCl)c2ncccc12.N#CCc1ccc(CSC(=N)N)c2ccccc12.N#CCc1ccc(CSC(=N)N)c2ncccc12.NC(N)=S.NC(N)=S.NC(N)=S.NC(N)=S. The van der Waals surface area contributed by atoms with E-state index in [1.165, 1.54) is 79.2 Å². The highest BCUT2D eigenvalue weighted by Gasteiger charge is 2.37. The van der Waals surface area contributed by atoms with Gasteiger partial charge in [0.05, 0.1) is 85.3 Å². The monoisotopic (exact) mass is 2010 g/mol. The quantitative estimate of drug-likeness (QED) is 0.0146. The summed E-state index contributed by atoms with van der Waals surface area (Å²) in [6.45, 7) is 0. The summed E-state index contributed by atoms with van der Waals surface area (Å²) in [5.41, 5.74) is 68.3. The zero-order valence-corrected chi connectivity index (χ0v) is 81.5. The van der Waals surface area contributed by atoms with Crippen LogP contribution in [-0.4, -0.2) is 74.4 Å². The number of rotatable bonds is 20. The average molecular weight is 2020 g/mol. The first kappa shape index (κ1) is 123. The van der Waals surface area contributed by atoms with Crippen LogP contribution in [0.3, 0.4) is 0 Å². The van der Waals surface area contributed by atoms with Gasteiger partial charge in [0.15, 0.2) is 41.1 Å². The molecule has 28 N–H and O–H groups in total. The molecule has 2 heterocycles. The third-order valence-electron chi connectivity index (χ3n) is 18.2. The Labute approximate surface area is 821 Å². The van der Waals surface area contributed by atoms with E-state index in [1.807, 2.05) is 121 Å². The average Bonchev–Trinajstić information content (AvgIpc) is 1.58. The number of aromatic nitrogens is 2. The number of hydrogen-bond acceptors (Lipinski definition) is 22. The molecule has 2 aromatic heterocycles. The molecule has 0 spiro atoms. The second-order valence-electron chi connectivity index (χ2n) is 26.8. The van der Waals surface area contributed by atoms with Crippen LogP contribution < -0.4 is 68.8 Å². The highest BCUT2D eigenvalue weighted by molar-refractivity contribution is 8.14. The molecular formula is C84H106Cl8N26S8. The van der Waals surface area contributed by atoms with Crippen molar-refractivity contribution in [3.63, 3.8) is 0 Å². The van der Waals surface area contributed by atoms with Gasteiger partial charge >= 0.3 is 0 Å². The molecule has 8 aromatic rings. The van der Waals surface area contributed by atoms with Crippen LogP contribution in [0.25, 0.3) is 43.4 Å². The first-order chi connectivity index (χ1) is 58.3. The van der Waals surface area contributed by atoms with Crippen LogP contribution in [0.4, 0.5) is 0 Å². The molecule has 4 aliphatic carbocycles. The third-order valence-corrected chi connectivity index (χ3v) is 22.9. The lowest BCUT2D eigenvalue weighted by molar-refractivity contribution is 0.205. The van der Waals surface area contributed by atoms with E-state index in [4.69, 9.17) is 133 Å². The molecule has 4 saturated carbocycles. The zero-order chi connectivity index (χ0) is 91.5. The van der Waals surface area contributed by atoms with E-state index in [0.717, 1.165) is 118 Å². The van der Waals surface area contributed by atoms with Crippen LogP contribution in [0.15, 0.2) is 134 Å². The molecule has 4 fully saturated rings. The second-order valence-corrected chi connectivity index (χ2v) is 34.0. The molecule has 126 heavy (non-hydrogen) atoms. The maximum atomic E-state index is 8.83. The lowest BCUT2D eigenvalue weighted by Gasteiger charge is -2.34. The minimum atomic E-state index is 0. The minimum absolute atomic E-state index is 0. The van der Waals surface area contributed by atoms with Crippen molar-refractivity contribution in [3.8, 4) is 48.6 Å². The fourth-order valence-electron chi connectivity index (χ4n) is 11.8. The van der Waals surface area contributed by atoms with E-state index in [0.29, 0.717) is 122 Å². The van der Waals surface area contributed by atoms with Gasteiger partial charge in [0.25, 0.3) is 0 Å². The molecule has 0 saturated heterocycles. The van der Waals surface area contributed by atoms with Gasteiger partial charge in [-0.2, -0.15) is 42.1 Å². The molecule has 4 aliphatic rings. The smallest absolute Gasteiger partial charge is 0.160 e. The number of halogens is 8. The lowest BCUT2D eigenvalue weighted by Crippen LogP contribution is -2.28. The van der Waals surface area contributed by atoms with E-state index < -0.39 is 0 Å². The van der Waals surface area contributed by atoms with Crippen molar-refractivity contribution in [1.29, 1.82) is 63.7 Å². The Morgan fingerprint density at radius 3 is 0.905 bits per heavy atom. The summed E-state index contributed by atoms with van der Waals surface area (Å²) in [5.74, 6) is 10.6. The lowest BCUT2D eigenvalue weighted by atomic mass is 9.73. The highest BCUT2D eigenvalue weighted by atomic mass is 35.5. The summed E-state index contributed by atoms with van der Waals surface area (Å²) in [5, 5.41) is 104. The van der Waals surface area contributed by atoms with Gasteiger partial charge in [0.1, 0.15) is 0 Å². The number of thioether (sulfide) groups is 4. The van der Waals surface area contributed by atoms with Crippen LogP contribution >= 0.6 is 192 Å². The van der Waals surface area contributed by atoms with Crippen LogP contribution in [0.1, 0.15) is 109 Å². The van der Waals surface area contributed by atoms with E-state index in [9.17, 15) is 0 Å². The van der Waals surface area contributed by atoms with Gasteiger partial charge in [-0.05, 0) is 213 Å². The predicted octanol–water partition coefficient (Wildman–Crippen LogP) is 17.2. The maximum Gasteiger partial charge on any atom is 0.160 e. The Hall–Kier alpha value is -9.06. The maximum absolute atomic E-state index is 8.83. The predicted molar refractivity (Wildman–Crippen MR) is 554 cm³/mol. The van der Waals surface area contributed by atoms with Crippen LogP contribution in [0.2, 0.25) is 0 Å². The first-order valence-corrected chi connectivity index (χ1v) is 45.0. The summed E-state index contributed by atoms with van der Waals surface area (Å²) < 4.78 is 0. The molecule has 0 amide bonds. The molecule has 8 unspecified atom stereocenters. The number of nitrogens with zero attached hydrogens (tertiary/aromatic N) is 10. The summed E-state index contributed by atoms with van der Waals surface area (Å²) in [7, 11) is 0. The van der Waals surface area contributed by atoms with Gasteiger partial charge in [-0.25, -0.2) is 0 Å². The number of nitrogens with one attached hydrogen (secondary N) is 4. The van der Waals surface area contributed by atoms with Crippen molar-refractivity contribution in [2.24, 2.45) is 116 Å². The number of alkyl halides is 4. The Morgan fingerprint density at radius 2 is 0.579 bits per heavy atom. The summed E-state index contributed by atoms with van der Waals surface area (Å²) >= 11 is 44.6. The molecule has 12 rings (SSSR count). The number of fused-ring (bicyclic) bond motifs is 4. The fourth-order valence-corrected chi connectivity index (χ4v) is 15.7. The van der Waals surface area contributed by atoms with Gasteiger partial charge in [0, 0.05) is 95.4 Å². The van der Waals surface area contributed by atoms with Crippen molar-refractivity contribution in [1.82, 2.24) is 9.97 Å². The zero-order valence-electron chi connectivity index (χ0n) is 68.7. The standard InChI is InChI=1S/C14H13N3S.C13H10ClN.C13H12N4S.C12H9ClN2.C8H13N3S.C7H10ClN.C7H11N3S.C6H8ClN.4CH4N2S.4ClH/c15-8-7-10-5-6-11(9-18-14(16)17)13-4-2-1-3-12(10)13;14-9-11-6-5-10(7-8-15)12-3-1-2-4-13(11)12;14-6-5-9-3-4-10(8-18-13(15)16)12-11(9)2-1-7-17-12;13-8-10-4-3-9(5-6-14)11-2-1-7-15-12(10)11;9-4-3-6-1-2-7(6)5-12-8(10)11;8-5-7-2-1-6(7)3-4-9;8-2-1-5-3-6(5)4-11-7(9)10;7-4-6-3-5(6)1-2-8;4*2-1(3)4;;;;/h1-6H,7,9H2,(H3,16,17);1-6H,7,9H2;1-4,7H,5,8H2,(H3,15,16);1-4,7H,5,8H2;6-7H,1-3,5H2,(H3,10,11);6-7H,1-3,5H2;5-6H,1,3-4H2,(H3,9,10);5-6H,1,3-4H2;4*(H4,2,3,4);4*1H. The van der Waals surface area contributed by atoms with Gasteiger partial charge in [0.2, 0.25) is 0 Å². The fraction of sp³-hybridized carbons (Fsp3) is 0.357. The number of benzene rings is 6. The Bertz CT molecular complexity index is 4830. The van der Waals surface area contributed by atoms with Crippen molar-refractivity contribution >= 4 is 276 Å². The second kappa shape index (κ2) is 72.9. The molecule has 42 heteroatoms. The van der Waals surface area contributed by atoms with Crippen molar-refractivity contribution in [2.45, 2.75) is 113 Å². The van der Waals surface area contributed by atoms with Gasteiger partial charge in [-0.15, -0.1) is 96.0 Å². The molecule has 8 atom stereocenters. The summed E-state index contributed by atoms with van der Waals surface area (Å²) in [6.07, 6.45) is 15.0. The Kier molecular flexibility index (Phi) is 71.3. The number of hydrogen-bond donors (Lipinski definition) is 16. The first-order valence-electron chi connectivity index (χ1n) is 37.3. The minimum Gasteiger partial charge on any atom is -0.379 e. The normalized spacial score (nSPS) is 15.6. The third kappa shape index (κ3) is 52.3. The number of thiocarbonyl (C=S) groups is 4. The Balaban J connectivity index is -0.000000661. The Morgan fingerprint density at radius 1 is 0.317 bits per heavy atom. The van der Waals surface area contributed by atoms with Gasteiger partial charge in [-0.1, -0.05) is 156 Å². The molecule has 0 radical (unpaired) electrons. The van der Waals surface area contributed by atoms with Gasteiger partial charge in [-0.3, -0.25) is 31.6 Å². The van der Waals surface area contributed by atoms with Crippen LogP contribution in [0, 0.1) is 160 Å². The van der Waals surface area contributed by atoms with E-state index in [1.54, 1.807) is 12.4 Å². The van der Waals surface area contributed by atoms with Gasteiger partial charge < -0.3 is 68.8 Å². The van der Waals surface area contributed by atoms with Crippen molar-refractivity contribution in [2.75, 3.05) is 23.3 Å². The number of pyridine rings is 2. The largest absolute Gasteiger partial charge is 0.379 e. The summed E-state index contributed by atoms with van der Waals surface area (Å²) in [6, 6.07) is 56.9. The number of amidine groups is 4. The molecular weight excluding hydrogens is 1910 g/mol. The van der Waals surface area contributed by atoms with E-state index in [2.05, 4.69) is 153 Å². The topological polar surface area (TPSA) is 624 Å². The van der Waals surface area contributed by atoms with Crippen LogP contribution in [0.5, 0.6) is 0 Å². The summed E-state index contributed by atoms with van der Waals surface area (Å²) in [4.78, 5) is 8.67. The van der Waals surface area contributed by atoms with E-state index in [-0.39, 0.29) is 90.7 Å². The number of nitrogens with two attached hydrogens (primary N) is 12. The molecule has 0 aliphatic heterocycles. The van der Waals surface area contributed by atoms with Crippen molar-refractivity contribution in [3.05, 3.63) is 178 Å². The molecule has 676 valence electrons. The molecule has 26 nitrogen and oxygen atoms in total. The molecule has 0 bridgehead atoms. The molecule has 6 aromatic carbocycles. The van der Waals surface area contributed by atoms with E-state index >= 15 is 0 Å². The number of nitriles is 8. The van der Waals surface area contributed by atoms with Crippen LogP contribution in [-0.2, 0) is 48.9 Å². The van der Waals surface area contributed by atoms with Crippen molar-refractivity contribution < 1.29 is 0 Å². The highest BCUT2D eigenvalue weighted by Crippen LogP contribution is 2.44.